The Kier molecular flexibility index (Phi) is 4.70. The Morgan fingerprint density at radius 3 is 2.60 bits per heavy atom. The summed E-state index contributed by atoms with van der Waals surface area (Å²) in [5, 5.41) is 11.9. The van der Waals surface area contributed by atoms with E-state index < -0.39 is 5.97 Å². The summed E-state index contributed by atoms with van der Waals surface area (Å²) in [7, 11) is 0. The largest absolute Gasteiger partial charge is 0.481 e. The number of amides is 1. The topological polar surface area (TPSA) is 66.4 Å². The first-order valence-electron chi connectivity index (χ1n) is 6.69. The quantitative estimate of drug-likeness (QED) is 0.792. The van der Waals surface area contributed by atoms with Gasteiger partial charge in [0.2, 0.25) is 0 Å². The van der Waals surface area contributed by atoms with E-state index in [-0.39, 0.29) is 17.7 Å². The Morgan fingerprint density at radius 1 is 1.35 bits per heavy atom. The van der Waals surface area contributed by atoms with Crippen LogP contribution in [0.25, 0.3) is 0 Å². The smallest absolute Gasteiger partial charge is 0.303 e. The van der Waals surface area contributed by atoms with Crippen molar-refractivity contribution in [3.05, 3.63) is 29.8 Å². The number of carbonyl (C=O) groups is 2. The highest BCUT2D eigenvalue weighted by molar-refractivity contribution is 7.98. The van der Waals surface area contributed by atoms with Crippen LogP contribution in [0, 0.1) is 5.41 Å². The minimum Gasteiger partial charge on any atom is -0.481 e. The van der Waals surface area contributed by atoms with Gasteiger partial charge in [0.1, 0.15) is 0 Å². The minimum absolute atomic E-state index is 0.119. The van der Waals surface area contributed by atoms with E-state index in [9.17, 15) is 9.59 Å². The molecular weight excluding hydrogens is 274 g/mol. The van der Waals surface area contributed by atoms with Gasteiger partial charge in [0.05, 0.1) is 12.0 Å². The molecule has 0 radical (unpaired) electrons. The lowest BCUT2D eigenvalue weighted by Crippen LogP contribution is -2.43. The first-order chi connectivity index (χ1) is 9.56. The van der Waals surface area contributed by atoms with Crippen LogP contribution in [0.3, 0.4) is 0 Å². The average molecular weight is 293 g/mol. The molecule has 0 saturated heterocycles. The number of rotatable bonds is 6. The third-order valence-corrected chi connectivity index (χ3v) is 4.71. The molecule has 0 unspecified atom stereocenters. The second-order valence-corrected chi connectivity index (χ2v) is 6.16. The number of carbonyl (C=O) groups excluding carboxylic acids is 1. The second-order valence-electron chi connectivity index (χ2n) is 5.31. The van der Waals surface area contributed by atoms with Gasteiger partial charge in [-0.25, -0.2) is 0 Å². The molecule has 1 aliphatic rings. The van der Waals surface area contributed by atoms with Gasteiger partial charge < -0.3 is 10.4 Å². The number of carboxylic acid groups (broad SMARTS) is 1. The molecule has 2 rings (SSSR count). The van der Waals surface area contributed by atoms with Crippen molar-refractivity contribution in [2.24, 2.45) is 5.41 Å². The van der Waals surface area contributed by atoms with Gasteiger partial charge in [0.25, 0.3) is 5.91 Å². The van der Waals surface area contributed by atoms with Gasteiger partial charge in [-0.1, -0.05) is 18.6 Å². The SMILES string of the molecule is CSc1ccccc1C(=O)NCC1(CC(=O)O)CCC1. The average Bonchev–Trinajstić information content (AvgIpc) is 2.40. The Balaban J connectivity index is 1.99. The predicted octanol–water partition coefficient (Wildman–Crippen LogP) is 2.78. The van der Waals surface area contributed by atoms with Gasteiger partial charge in [-0.3, -0.25) is 9.59 Å². The van der Waals surface area contributed by atoms with Crippen LogP contribution in [0.5, 0.6) is 0 Å². The molecule has 108 valence electrons. The van der Waals surface area contributed by atoms with Crippen molar-refractivity contribution in [3.8, 4) is 0 Å². The number of aliphatic carboxylic acids is 1. The molecule has 1 aliphatic carbocycles. The van der Waals surface area contributed by atoms with Gasteiger partial charge in [-0.2, -0.15) is 0 Å². The molecule has 0 atom stereocenters. The van der Waals surface area contributed by atoms with Gasteiger partial charge >= 0.3 is 5.97 Å². The number of benzene rings is 1. The summed E-state index contributed by atoms with van der Waals surface area (Å²) in [5.41, 5.74) is 0.417. The summed E-state index contributed by atoms with van der Waals surface area (Å²) in [5.74, 6) is -0.907. The third kappa shape index (κ3) is 3.33. The van der Waals surface area contributed by atoms with Crippen molar-refractivity contribution in [3.63, 3.8) is 0 Å². The van der Waals surface area contributed by atoms with E-state index in [1.165, 1.54) is 11.8 Å². The van der Waals surface area contributed by atoms with Crippen LogP contribution < -0.4 is 5.32 Å². The number of hydrogen-bond donors (Lipinski definition) is 2. The lowest BCUT2D eigenvalue weighted by molar-refractivity contribution is -0.141. The molecule has 1 amide bonds. The monoisotopic (exact) mass is 293 g/mol. The van der Waals surface area contributed by atoms with Crippen molar-refractivity contribution in [1.29, 1.82) is 0 Å². The second kappa shape index (κ2) is 6.31. The number of hydrogen-bond acceptors (Lipinski definition) is 3. The first-order valence-corrected chi connectivity index (χ1v) is 7.92. The molecule has 0 bridgehead atoms. The maximum Gasteiger partial charge on any atom is 0.303 e. The van der Waals surface area contributed by atoms with Crippen LogP contribution in [0.15, 0.2) is 29.2 Å². The Morgan fingerprint density at radius 2 is 2.05 bits per heavy atom. The van der Waals surface area contributed by atoms with Crippen LogP contribution in [0.4, 0.5) is 0 Å². The molecule has 1 aromatic carbocycles. The zero-order chi connectivity index (χ0) is 14.6. The molecule has 20 heavy (non-hydrogen) atoms. The fraction of sp³-hybridized carbons (Fsp3) is 0.467. The molecule has 0 aliphatic heterocycles. The fourth-order valence-electron chi connectivity index (χ4n) is 2.61. The first kappa shape index (κ1) is 14.9. The van der Waals surface area contributed by atoms with Gasteiger partial charge in [-0.05, 0) is 36.6 Å². The number of carboxylic acids is 1. The van der Waals surface area contributed by atoms with E-state index in [0.717, 1.165) is 24.2 Å². The summed E-state index contributed by atoms with van der Waals surface area (Å²) in [6.45, 7) is 0.445. The predicted molar refractivity (Wildman–Crippen MR) is 79.1 cm³/mol. The van der Waals surface area contributed by atoms with Crippen molar-refractivity contribution < 1.29 is 14.7 Å². The molecule has 0 aromatic heterocycles. The summed E-state index contributed by atoms with van der Waals surface area (Å²) in [4.78, 5) is 24.1. The normalized spacial score (nSPS) is 16.2. The third-order valence-electron chi connectivity index (χ3n) is 3.92. The molecule has 1 aromatic rings. The minimum atomic E-state index is -0.788. The van der Waals surface area contributed by atoms with Crippen LogP contribution in [0.1, 0.15) is 36.0 Å². The highest BCUT2D eigenvalue weighted by atomic mass is 32.2. The van der Waals surface area contributed by atoms with E-state index in [2.05, 4.69) is 5.32 Å². The summed E-state index contributed by atoms with van der Waals surface area (Å²) in [6, 6.07) is 7.45. The molecular formula is C15H19NO3S. The van der Waals surface area contributed by atoms with Crippen molar-refractivity contribution in [2.45, 2.75) is 30.6 Å². The molecule has 1 fully saturated rings. The molecule has 0 heterocycles. The Hall–Kier alpha value is -1.49. The van der Waals surface area contributed by atoms with Crippen LogP contribution in [-0.4, -0.2) is 29.8 Å². The van der Waals surface area contributed by atoms with Crippen molar-refractivity contribution in [1.82, 2.24) is 5.32 Å². The Bertz CT molecular complexity index is 512. The standard InChI is InChI=1S/C15H19NO3S/c1-20-12-6-3-2-5-11(12)14(19)16-10-15(7-4-8-15)9-13(17)18/h2-3,5-6H,4,7-10H2,1H3,(H,16,19)(H,17,18). The maximum atomic E-state index is 12.2. The van der Waals surface area contributed by atoms with Crippen LogP contribution >= 0.6 is 11.8 Å². The summed E-state index contributed by atoms with van der Waals surface area (Å²) in [6.07, 6.45) is 4.87. The molecule has 4 nitrogen and oxygen atoms in total. The van der Waals surface area contributed by atoms with E-state index in [1.807, 2.05) is 24.5 Å². The fourth-order valence-corrected chi connectivity index (χ4v) is 3.20. The van der Waals surface area contributed by atoms with E-state index in [0.29, 0.717) is 12.1 Å². The number of thioether (sulfide) groups is 1. The van der Waals surface area contributed by atoms with Crippen LogP contribution in [-0.2, 0) is 4.79 Å². The van der Waals surface area contributed by atoms with Gasteiger partial charge in [0, 0.05) is 11.4 Å². The maximum absolute atomic E-state index is 12.2. The lowest BCUT2D eigenvalue weighted by Gasteiger charge is -2.40. The number of nitrogens with one attached hydrogen (secondary N) is 1. The van der Waals surface area contributed by atoms with E-state index in [1.54, 1.807) is 6.07 Å². The zero-order valence-corrected chi connectivity index (χ0v) is 12.3. The molecule has 1 saturated carbocycles. The molecule has 0 spiro atoms. The molecule has 5 heteroatoms. The Labute approximate surface area is 123 Å². The molecule has 2 N–H and O–H groups in total. The lowest BCUT2D eigenvalue weighted by atomic mass is 9.66. The zero-order valence-electron chi connectivity index (χ0n) is 11.5. The van der Waals surface area contributed by atoms with E-state index >= 15 is 0 Å². The highest BCUT2D eigenvalue weighted by Gasteiger charge is 2.39. The summed E-state index contributed by atoms with van der Waals surface area (Å²) < 4.78 is 0. The van der Waals surface area contributed by atoms with Gasteiger partial charge in [-0.15, -0.1) is 11.8 Å². The van der Waals surface area contributed by atoms with Crippen molar-refractivity contribution in [2.75, 3.05) is 12.8 Å². The summed E-state index contributed by atoms with van der Waals surface area (Å²) >= 11 is 1.53. The van der Waals surface area contributed by atoms with Gasteiger partial charge in [0.15, 0.2) is 0 Å². The highest BCUT2D eigenvalue weighted by Crippen LogP contribution is 2.43. The van der Waals surface area contributed by atoms with E-state index in [4.69, 9.17) is 5.11 Å². The van der Waals surface area contributed by atoms with Crippen LogP contribution in [0.2, 0.25) is 0 Å². The van der Waals surface area contributed by atoms with Crippen molar-refractivity contribution >= 4 is 23.6 Å².